The topological polar surface area (TPSA) is 32.3 Å². The molecule has 1 spiro atoms. The zero-order valence-corrected chi connectivity index (χ0v) is 7.60. The largest absolute Gasteiger partial charge is 0.336 e. The smallest absolute Gasteiger partial charge is 0.317 e. The summed E-state index contributed by atoms with van der Waals surface area (Å²) < 4.78 is 0. The average molecular weight is 168 g/mol. The summed E-state index contributed by atoms with van der Waals surface area (Å²) in [6.45, 7) is 0.863. The highest BCUT2D eigenvalue weighted by atomic mass is 16.2. The summed E-state index contributed by atoms with van der Waals surface area (Å²) in [7, 11) is 1.92. The van der Waals surface area contributed by atoms with Crippen molar-refractivity contribution in [1.82, 2.24) is 10.2 Å². The molecular weight excluding hydrogens is 152 g/mol. The molecule has 1 saturated carbocycles. The van der Waals surface area contributed by atoms with E-state index in [1.54, 1.807) is 0 Å². The molecular formula is C9H16N2O. The van der Waals surface area contributed by atoms with E-state index in [1.165, 1.54) is 32.1 Å². The number of amides is 2. The highest BCUT2D eigenvalue weighted by molar-refractivity contribution is 5.77. The maximum absolute atomic E-state index is 11.3. The van der Waals surface area contributed by atoms with Crippen molar-refractivity contribution >= 4 is 6.03 Å². The Morgan fingerprint density at radius 2 is 2.00 bits per heavy atom. The quantitative estimate of drug-likeness (QED) is 0.581. The SMILES string of the molecule is CN1C(=O)NCC12CCCCC2. The molecule has 0 atom stereocenters. The number of hydrogen-bond acceptors (Lipinski definition) is 1. The van der Waals surface area contributed by atoms with Gasteiger partial charge in [-0.25, -0.2) is 4.79 Å². The molecule has 1 saturated heterocycles. The monoisotopic (exact) mass is 168 g/mol. The van der Waals surface area contributed by atoms with Crippen molar-refractivity contribution in [1.29, 1.82) is 0 Å². The molecule has 0 aromatic heterocycles. The van der Waals surface area contributed by atoms with Crippen molar-refractivity contribution in [2.45, 2.75) is 37.6 Å². The summed E-state index contributed by atoms with van der Waals surface area (Å²) >= 11 is 0. The third-order valence-electron chi connectivity index (χ3n) is 3.37. The van der Waals surface area contributed by atoms with Gasteiger partial charge >= 0.3 is 6.03 Å². The van der Waals surface area contributed by atoms with Crippen molar-refractivity contribution in [3.8, 4) is 0 Å². The van der Waals surface area contributed by atoms with Gasteiger partial charge in [0.25, 0.3) is 0 Å². The van der Waals surface area contributed by atoms with E-state index in [0.29, 0.717) is 0 Å². The first kappa shape index (κ1) is 7.90. The van der Waals surface area contributed by atoms with Gasteiger partial charge in [0, 0.05) is 13.6 Å². The number of nitrogens with one attached hydrogen (secondary N) is 1. The van der Waals surface area contributed by atoms with Crippen LogP contribution in [0.3, 0.4) is 0 Å². The van der Waals surface area contributed by atoms with Crippen LogP contribution in [0.25, 0.3) is 0 Å². The molecule has 3 heteroatoms. The molecule has 2 rings (SSSR count). The summed E-state index contributed by atoms with van der Waals surface area (Å²) in [6.07, 6.45) is 6.26. The minimum Gasteiger partial charge on any atom is -0.336 e. The Bertz CT molecular complexity index is 197. The number of rotatable bonds is 0. The standard InChI is InChI=1S/C9H16N2O/c1-11-8(12)10-7-9(11)5-3-2-4-6-9/h2-7H2,1H3,(H,10,12). The molecule has 12 heavy (non-hydrogen) atoms. The van der Waals surface area contributed by atoms with Gasteiger partial charge in [-0.1, -0.05) is 19.3 Å². The van der Waals surface area contributed by atoms with Gasteiger partial charge in [0.05, 0.1) is 5.54 Å². The maximum atomic E-state index is 11.3. The summed E-state index contributed by atoms with van der Waals surface area (Å²) in [6, 6.07) is 0.108. The number of carbonyl (C=O) groups is 1. The molecule has 1 aliphatic carbocycles. The van der Waals surface area contributed by atoms with Gasteiger partial charge in [-0.3, -0.25) is 0 Å². The second-order valence-corrected chi connectivity index (χ2v) is 4.00. The molecule has 3 nitrogen and oxygen atoms in total. The fourth-order valence-corrected chi connectivity index (χ4v) is 2.41. The fraction of sp³-hybridized carbons (Fsp3) is 0.889. The van der Waals surface area contributed by atoms with Crippen molar-refractivity contribution in [3.63, 3.8) is 0 Å². The molecule has 0 aromatic carbocycles. The van der Waals surface area contributed by atoms with Gasteiger partial charge in [-0.2, -0.15) is 0 Å². The number of nitrogens with zero attached hydrogens (tertiary/aromatic N) is 1. The van der Waals surface area contributed by atoms with E-state index in [4.69, 9.17) is 0 Å². The van der Waals surface area contributed by atoms with Crippen LogP contribution in [-0.2, 0) is 0 Å². The number of carbonyl (C=O) groups excluding carboxylic acids is 1. The summed E-state index contributed by atoms with van der Waals surface area (Å²) in [5.41, 5.74) is 0.176. The molecule has 1 aliphatic heterocycles. The van der Waals surface area contributed by atoms with Crippen LogP contribution < -0.4 is 5.32 Å². The van der Waals surface area contributed by atoms with Gasteiger partial charge in [-0.15, -0.1) is 0 Å². The van der Waals surface area contributed by atoms with Crippen molar-refractivity contribution in [2.75, 3.05) is 13.6 Å². The molecule has 0 unspecified atom stereocenters. The summed E-state index contributed by atoms with van der Waals surface area (Å²) in [5, 5.41) is 2.92. The van der Waals surface area contributed by atoms with Crippen molar-refractivity contribution in [3.05, 3.63) is 0 Å². The molecule has 1 heterocycles. The molecule has 2 aliphatic rings. The molecule has 1 N–H and O–H groups in total. The summed E-state index contributed by atoms with van der Waals surface area (Å²) in [5.74, 6) is 0. The van der Waals surface area contributed by atoms with E-state index in [1.807, 2.05) is 11.9 Å². The normalized spacial score (nSPS) is 27.8. The van der Waals surface area contributed by atoms with Gasteiger partial charge in [0.2, 0.25) is 0 Å². The lowest BCUT2D eigenvalue weighted by atomic mass is 9.81. The molecule has 68 valence electrons. The Kier molecular flexibility index (Phi) is 1.74. The summed E-state index contributed by atoms with van der Waals surface area (Å²) in [4.78, 5) is 13.2. The van der Waals surface area contributed by atoms with E-state index in [2.05, 4.69) is 5.32 Å². The van der Waals surface area contributed by atoms with Crippen molar-refractivity contribution < 1.29 is 4.79 Å². The minimum absolute atomic E-state index is 0.108. The first-order valence-corrected chi connectivity index (χ1v) is 4.76. The Labute approximate surface area is 73.1 Å². The highest BCUT2D eigenvalue weighted by Crippen LogP contribution is 2.34. The van der Waals surface area contributed by atoms with Crippen LogP contribution in [0.1, 0.15) is 32.1 Å². The third-order valence-corrected chi connectivity index (χ3v) is 3.37. The van der Waals surface area contributed by atoms with E-state index < -0.39 is 0 Å². The van der Waals surface area contributed by atoms with Crippen LogP contribution in [0.5, 0.6) is 0 Å². The maximum Gasteiger partial charge on any atom is 0.317 e. The first-order valence-electron chi connectivity index (χ1n) is 4.76. The number of urea groups is 1. The Morgan fingerprint density at radius 3 is 2.50 bits per heavy atom. The van der Waals surface area contributed by atoms with Gasteiger partial charge in [0.1, 0.15) is 0 Å². The van der Waals surface area contributed by atoms with Crippen LogP contribution in [0.15, 0.2) is 0 Å². The highest BCUT2D eigenvalue weighted by Gasteiger charge is 2.43. The lowest BCUT2D eigenvalue weighted by molar-refractivity contribution is 0.141. The zero-order valence-electron chi connectivity index (χ0n) is 7.60. The second-order valence-electron chi connectivity index (χ2n) is 4.00. The first-order chi connectivity index (χ1) is 5.75. The van der Waals surface area contributed by atoms with Crippen molar-refractivity contribution in [2.24, 2.45) is 0 Å². The fourth-order valence-electron chi connectivity index (χ4n) is 2.41. The van der Waals surface area contributed by atoms with Crippen LogP contribution >= 0.6 is 0 Å². The van der Waals surface area contributed by atoms with Gasteiger partial charge in [-0.05, 0) is 12.8 Å². The van der Waals surface area contributed by atoms with Crippen LogP contribution in [0, 0.1) is 0 Å². The lowest BCUT2D eigenvalue weighted by Gasteiger charge is -2.37. The zero-order chi connectivity index (χ0) is 8.60. The third kappa shape index (κ3) is 0.993. The van der Waals surface area contributed by atoms with E-state index in [0.717, 1.165) is 6.54 Å². The Morgan fingerprint density at radius 1 is 1.33 bits per heavy atom. The van der Waals surface area contributed by atoms with Crippen LogP contribution in [-0.4, -0.2) is 30.1 Å². The predicted molar refractivity (Wildman–Crippen MR) is 47.0 cm³/mol. The molecule has 2 fully saturated rings. The van der Waals surface area contributed by atoms with Crippen LogP contribution in [0.2, 0.25) is 0 Å². The molecule has 0 aromatic rings. The Balaban J connectivity index is 2.14. The number of likely N-dealkylation sites (N-methyl/N-ethyl adjacent to an activating group) is 1. The molecule has 0 bridgehead atoms. The minimum atomic E-state index is 0.108. The number of hydrogen-bond donors (Lipinski definition) is 1. The Hall–Kier alpha value is -0.730. The van der Waals surface area contributed by atoms with Crippen LogP contribution in [0.4, 0.5) is 4.79 Å². The van der Waals surface area contributed by atoms with E-state index in [9.17, 15) is 4.79 Å². The molecule has 0 radical (unpaired) electrons. The average Bonchev–Trinajstić information content (AvgIpc) is 2.37. The van der Waals surface area contributed by atoms with E-state index >= 15 is 0 Å². The van der Waals surface area contributed by atoms with Gasteiger partial charge < -0.3 is 10.2 Å². The predicted octanol–water partition coefficient (Wildman–Crippen LogP) is 1.34. The lowest BCUT2D eigenvalue weighted by Crippen LogP contribution is -2.46. The second kappa shape index (κ2) is 2.64. The van der Waals surface area contributed by atoms with E-state index in [-0.39, 0.29) is 11.6 Å². The van der Waals surface area contributed by atoms with Gasteiger partial charge in [0.15, 0.2) is 0 Å². The molecule has 2 amide bonds.